The number of aromatic nitrogens is 4. The lowest BCUT2D eigenvalue weighted by Gasteiger charge is -2.24. The van der Waals surface area contributed by atoms with Crippen molar-refractivity contribution in [2.75, 3.05) is 6.61 Å². The first-order valence-corrected chi connectivity index (χ1v) is 5.37. The number of nitrogens with two attached hydrogens (primary N) is 1. The molecule has 2 rings (SSSR count). The highest BCUT2D eigenvalue weighted by Gasteiger charge is 2.20. The average molecular weight is 233 g/mol. The van der Waals surface area contributed by atoms with Crippen molar-refractivity contribution in [3.8, 4) is 5.69 Å². The third kappa shape index (κ3) is 2.48. The first-order chi connectivity index (χ1) is 8.13. The third-order valence-corrected chi connectivity index (χ3v) is 2.75. The largest absolute Gasteiger partial charge is 0.396 e. The lowest BCUT2D eigenvalue weighted by molar-refractivity contribution is 0.247. The first-order valence-electron chi connectivity index (χ1n) is 5.37. The Labute approximate surface area is 99.1 Å². The van der Waals surface area contributed by atoms with Gasteiger partial charge < -0.3 is 10.8 Å². The molecular weight excluding hydrogens is 218 g/mol. The van der Waals surface area contributed by atoms with Crippen molar-refractivity contribution in [1.29, 1.82) is 0 Å². The summed E-state index contributed by atoms with van der Waals surface area (Å²) in [5.41, 5.74) is 7.39. The van der Waals surface area contributed by atoms with E-state index in [1.54, 1.807) is 4.68 Å². The number of rotatable bonds is 4. The maximum atomic E-state index is 9.00. The van der Waals surface area contributed by atoms with Gasteiger partial charge in [0, 0.05) is 12.1 Å². The Morgan fingerprint density at radius 2 is 2.29 bits per heavy atom. The highest BCUT2D eigenvalue weighted by molar-refractivity contribution is 5.37. The molecule has 0 spiro atoms. The molecule has 1 heterocycles. The Hall–Kier alpha value is -1.79. The normalized spacial score (nSPS) is 14.5. The topological polar surface area (TPSA) is 89.8 Å². The SMILES string of the molecule is CC(N)(CCO)c1cccc(-n2cnnn2)c1. The summed E-state index contributed by atoms with van der Waals surface area (Å²) in [6.07, 6.45) is 2.03. The molecule has 3 N–H and O–H groups in total. The molecule has 0 saturated heterocycles. The quantitative estimate of drug-likeness (QED) is 0.788. The fraction of sp³-hybridized carbons (Fsp3) is 0.364. The molecule has 0 amide bonds. The maximum absolute atomic E-state index is 9.00. The second-order valence-corrected chi connectivity index (χ2v) is 4.20. The van der Waals surface area contributed by atoms with Crippen molar-refractivity contribution in [2.24, 2.45) is 5.73 Å². The summed E-state index contributed by atoms with van der Waals surface area (Å²) in [5.74, 6) is 0. The fourth-order valence-electron chi connectivity index (χ4n) is 1.66. The summed E-state index contributed by atoms with van der Waals surface area (Å²) in [4.78, 5) is 0. The summed E-state index contributed by atoms with van der Waals surface area (Å²) < 4.78 is 1.57. The molecule has 6 nitrogen and oxygen atoms in total. The van der Waals surface area contributed by atoms with Gasteiger partial charge in [-0.1, -0.05) is 12.1 Å². The molecule has 1 atom stereocenters. The van der Waals surface area contributed by atoms with E-state index >= 15 is 0 Å². The predicted octanol–water partition coefficient (Wildman–Crippen LogP) is 0.219. The Kier molecular flexibility index (Phi) is 3.16. The van der Waals surface area contributed by atoms with Crippen molar-refractivity contribution in [3.63, 3.8) is 0 Å². The van der Waals surface area contributed by atoms with E-state index in [-0.39, 0.29) is 6.61 Å². The fourth-order valence-corrected chi connectivity index (χ4v) is 1.66. The van der Waals surface area contributed by atoms with E-state index in [2.05, 4.69) is 15.5 Å². The zero-order valence-electron chi connectivity index (χ0n) is 9.61. The Morgan fingerprint density at radius 3 is 2.94 bits per heavy atom. The van der Waals surface area contributed by atoms with Crippen LogP contribution >= 0.6 is 0 Å². The van der Waals surface area contributed by atoms with Crippen LogP contribution in [0, 0.1) is 0 Å². The van der Waals surface area contributed by atoms with Crippen molar-refractivity contribution < 1.29 is 5.11 Å². The van der Waals surface area contributed by atoms with Gasteiger partial charge in [0.05, 0.1) is 5.69 Å². The molecule has 90 valence electrons. The third-order valence-electron chi connectivity index (χ3n) is 2.75. The van der Waals surface area contributed by atoms with Gasteiger partial charge in [-0.05, 0) is 41.5 Å². The van der Waals surface area contributed by atoms with Crippen LogP contribution in [-0.2, 0) is 5.54 Å². The standard InChI is InChI=1S/C11H15N5O/c1-11(12,5-6-17)9-3-2-4-10(7-9)16-8-13-14-15-16/h2-4,7-8,17H,5-6,12H2,1H3. The van der Waals surface area contributed by atoms with Gasteiger partial charge in [-0.25, -0.2) is 4.68 Å². The van der Waals surface area contributed by atoms with Gasteiger partial charge in [-0.2, -0.15) is 0 Å². The molecular formula is C11H15N5O. The van der Waals surface area contributed by atoms with E-state index in [4.69, 9.17) is 10.8 Å². The smallest absolute Gasteiger partial charge is 0.143 e. The molecule has 0 radical (unpaired) electrons. The molecule has 1 aromatic carbocycles. The number of aliphatic hydroxyl groups is 1. The minimum absolute atomic E-state index is 0.0576. The summed E-state index contributed by atoms with van der Waals surface area (Å²) in [6, 6.07) is 7.65. The van der Waals surface area contributed by atoms with Crippen LogP contribution in [-0.4, -0.2) is 31.9 Å². The monoisotopic (exact) mass is 233 g/mol. The van der Waals surface area contributed by atoms with E-state index in [0.717, 1.165) is 11.3 Å². The van der Waals surface area contributed by atoms with Gasteiger partial charge in [0.2, 0.25) is 0 Å². The second kappa shape index (κ2) is 4.60. The van der Waals surface area contributed by atoms with Crippen LogP contribution in [0.1, 0.15) is 18.9 Å². The summed E-state index contributed by atoms with van der Waals surface area (Å²) >= 11 is 0. The second-order valence-electron chi connectivity index (χ2n) is 4.20. The first kappa shape index (κ1) is 11.7. The molecule has 2 aromatic rings. The zero-order valence-corrected chi connectivity index (χ0v) is 9.61. The van der Waals surface area contributed by atoms with Crippen molar-refractivity contribution >= 4 is 0 Å². The molecule has 1 unspecified atom stereocenters. The molecule has 6 heteroatoms. The predicted molar refractivity (Wildman–Crippen MR) is 62.4 cm³/mol. The van der Waals surface area contributed by atoms with Crippen LogP contribution in [0.15, 0.2) is 30.6 Å². The van der Waals surface area contributed by atoms with Gasteiger partial charge >= 0.3 is 0 Å². The zero-order chi connectivity index (χ0) is 12.3. The van der Waals surface area contributed by atoms with Gasteiger partial charge in [0.1, 0.15) is 6.33 Å². The van der Waals surface area contributed by atoms with Crippen LogP contribution in [0.4, 0.5) is 0 Å². The van der Waals surface area contributed by atoms with Gasteiger partial charge in [-0.15, -0.1) is 5.10 Å². The van der Waals surface area contributed by atoms with Crippen LogP contribution in [0.3, 0.4) is 0 Å². The van der Waals surface area contributed by atoms with Crippen LogP contribution in [0.5, 0.6) is 0 Å². The van der Waals surface area contributed by atoms with Crippen molar-refractivity contribution in [1.82, 2.24) is 20.2 Å². The molecule has 1 aromatic heterocycles. The summed E-state index contributed by atoms with van der Waals surface area (Å²) in [6.45, 7) is 1.95. The van der Waals surface area contributed by atoms with Gasteiger partial charge in [0.15, 0.2) is 0 Å². The minimum atomic E-state index is -0.557. The minimum Gasteiger partial charge on any atom is -0.396 e. The van der Waals surface area contributed by atoms with Gasteiger partial charge in [-0.3, -0.25) is 0 Å². The molecule has 0 saturated carbocycles. The highest BCUT2D eigenvalue weighted by atomic mass is 16.3. The summed E-state index contributed by atoms with van der Waals surface area (Å²) in [5, 5.41) is 20.0. The Bertz CT molecular complexity index is 480. The van der Waals surface area contributed by atoms with Crippen LogP contribution < -0.4 is 5.73 Å². The summed E-state index contributed by atoms with van der Waals surface area (Å²) in [7, 11) is 0. The van der Waals surface area contributed by atoms with E-state index in [9.17, 15) is 0 Å². The number of tetrazole rings is 1. The van der Waals surface area contributed by atoms with Crippen molar-refractivity contribution in [3.05, 3.63) is 36.2 Å². The van der Waals surface area contributed by atoms with Crippen LogP contribution in [0.2, 0.25) is 0 Å². The lowest BCUT2D eigenvalue weighted by atomic mass is 9.90. The van der Waals surface area contributed by atoms with Crippen LogP contribution in [0.25, 0.3) is 5.69 Å². The number of aliphatic hydroxyl groups excluding tert-OH is 1. The molecule has 0 bridgehead atoms. The Balaban J connectivity index is 2.35. The number of hydrogen-bond donors (Lipinski definition) is 2. The maximum Gasteiger partial charge on any atom is 0.143 e. The molecule has 0 aliphatic heterocycles. The van der Waals surface area contributed by atoms with E-state index in [0.29, 0.717) is 6.42 Å². The molecule has 0 aliphatic rings. The number of benzene rings is 1. The number of nitrogens with zero attached hydrogens (tertiary/aromatic N) is 4. The molecule has 17 heavy (non-hydrogen) atoms. The average Bonchev–Trinajstić information content (AvgIpc) is 2.82. The molecule has 0 fully saturated rings. The molecule has 0 aliphatic carbocycles. The van der Waals surface area contributed by atoms with Gasteiger partial charge in [0.25, 0.3) is 0 Å². The Morgan fingerprint density at radius 1 is 1.47 bits per heavy atom. The number of hydrogen-bond acceptors (Lipinski definition) is 5. The van der Waals surface area contributed by atoms with Crippen molar-refractivity contribution in [2.45, 2.75) is 18.9 Å². The van der Waals surface area contributed by atoms with E-state index < -0.39 is 5.54 Å². The lowest BCUT2D eigenvalue weighted by Crippen LogP contribution is -2.34. The van der Waals surface area contributed by atoms with E-state index in [1.165, 1.54) is 6.33 Å². The van der Waals surface area contributed by atoms with E-state index in [1.807, 2.05) is 31.2 Å². The highest BCUT2D eigenvalue weighted by Crippen LogP contribution is 2.23.